The number of carbonyl (C=O) groups excluding carboxylic acids is 3. The molecule has 8 nitrogen and oxygen atoms in total. The van der Waals surface area contributed by atoms with Gasteiger partial charge in [0.2, 0.25) is 17.7 Å². The Labute approximate surface area is 176 Å². The Morgan fingerprint density at radius 1 is 1.23 bits per heavy atom. The Morgan fingerprint density at radius 2 is 2.00 bits per heavy atom. The molecule has 0 aromatic heterocycles. The van der Waals surface area contributed by atoms with E-state index in [1.165, 1.54) is 0 Å². The second-order valence-electron chi connectivity index (χ2n) is 8.49. The number of piperazine rings is 1. The normalized spacial score (nSPS) is 25.9. The van der Waals surface area contributed by atoms with E-state index in [0.29, 0.717) is 38.9 Å². The molecular weight excluding hydrogens is 384 g/mol. The van der Waals surface area contributed by atoms with Gasteiger partial charge >= 0.3 is 0 Å². The first kappa shape index (κ1) is 20.7. The van der Waals surface area contributed by atoms with Gasteiger partial charge in [0.05, 0.1) is 13.2 Å². The number of rotatable bonds is 8. The number of hydrogen-bond donors (Lipinski definition) is 3. The van der Waals surface area contributed by atoms with E-state index in [2.05, 4.69) is 20.9 Å². The SMILES string of the molecule is COc1ccc(CNC(=O)CC[C@@H]2CNC(=O)[C@@H]3C[C@H](NC(=O)C4CC4)CN23)cc1. The van der Waals surface area contributed by atoms with E-state index in [4.69, 9.17) is 4.74 Å². The first-order chi connectivity index (χ1) is 14.5. The van der Waals surface area contributed by atoms with Crippen LogP contribution in [-0.2, 0) is 20.9 Å². The van der Waals surface area contributed by atoms with Crippen molar-refractivity contribution in [2.75, 3.05) is 20.2 Å². The van der Waals surface area contributed by atoms with Crippen LogP contribution in [0.3, 0.4) is 0 Å². The highest BCUT2D eigenvalue weighted by atomic mass is 16.5. The van der Waals surface area contributed by atoms with Crippen molar-refractivity contribution in [3.8, 4) is 5.75 Å². The average molecular weight is 415 g/mol. The number of fused-ring (bicyclic) bond motifs is 1. The molecule has 0 unspecified atom stereocenters. The van der Waals surface area contributed by atoms with Crippen LogP contribution in [0.15, 0.2) is 24.3 Å². The number of benzene rings is 1. The number of ether oxygens (including phenoxy) is 1. The van der Waals surface area contributed by atoms with E-state index in [1.54, 1.807) is 7.11 Å². The summed E-state index contributed by atoms with van der Waals surface area (Å²) in [6.07, 6.45) is 3.67. The third kappa shape index (κ3) is 4.92. The lowest BCUT2D eigenvalue weighted by Crippen LogP contribution is -2.58. The van der Waals surface area contributed by atoms with E-state index in [9.17, 15) is 14.4 Å². The van der Waals surface area contributed by atoms with Gasteiger partial charge in [-0.1, -0.05) is 12.1 Å². The second-order valence-corrected chi connectivity index (χ2v) is 8.49. The van der Waals surface area contributed by atoms with Gasteiger partial charge in [0.15, 0.2) is 0 Å². The van der Waals surface area contributed by atoms with Crippen LogP contribution in [0.5, 0.6) is 5.75 Å². The summed E-state index contributed by atoms with van der Waals surface area (Å²) in [7, 11) is 1.62. The van der Waals surface area contributed by atoms with Gasteiger partial charge in [-0.3, -0.25) is 19.3 Å². The van der Waals surface area contributed by atoms with Crippen molar-refractivity contribution in [2.45, 2.75) is 56.8 Å². The van der Waals surface area contributed by atoms with Gasteiger partial charge in [0.25, 0.3) is 0 Å². The molecule has 2 heterocycles. The monoisotopic (exact) mass is 414 g/mol. The fourth-order valence-electron chi connectivity index (χ4n) is 4.34. The second kappa shape index (κ2) is 9.04. The Kier molecular flexibility index (Phi) is 6.22. The van der Waals surface area contributed by atoms with Crippen LogP contribution in [0.25, 0.3) is 0 Å². The number of hydrogen-bond acceptors (Lipinski definition) is 5. The summed E-state index contributed by atoms with van der Waals surface area (Å²) in [4.78, 5) is 38.9. The van der Waals surface area contributed by atoms with Crippen LogP contribution in [0, 0.1) is 5.92 Å². The highest BCUT2D eigenvalue weighted by Crippen LogP contribution is 2.30. The molecule has 30 heavy (non-hydrogen) atoms. The van der Waals surface area contributed by atoms with Gasteiger partial charge in [-0.05, 0) is 43.4 Å². The predicted molar refractivity (Wildman–Crippen MR) is 111 cm³/mol. The minimum absolute atomic E-state index is 0.00273. The van der Waals surface area contributed by atoms with Gasteiger partial charge in [-0.25, -0.2) is 0 Å². The average Bonchev–Trinajstić information content (AvgIpc) is 3.52. The zero-order valence-corrected chi connectivity index (χ0v) is 17.4. The number of nitrogens with one attached hydrogen (secondary N) is 3. The van der Waals surface area contributed by atoms with Crippen molar-refractivity contribution in [3.05, 3.63) is 29.8 Å². The Bertz CT molecular complexity index is 793. The molecular formula is C22H30N4O4. The molecule has 4 rings (SSSR count). The van der Waals surface area contributed by atoms with Crippen molar-refractivity contribution in [3.63, 3.8) is 0 Å². The van der Waals surface area contributed by atoms with Crippen molar-refractivity contribution in [1.82, 2.24) is 20.9 Å². The summed E-state index contributed by atoms with van der Waals surface area (Å²) in [5.41, 5.74) is 1.02. The summed E-state index contributed by atoms with van der Waals surface area (Å²) in [5, 5.41) is 9.03. The van der Waals surface area contributed by atoms with E-state index in [-0.39, 0.29) is 41.8 Å². The number of methoxy groups -OCH3 is 1. The van der Waals surface area contributed by atoms with Gasteiger partial charge in [-0.2, -0.15) is 0 Å². The third-order valence-corrected chi connectivity index (χ3v) is 6.27. The van der Waals surface area contributed by atoms with Crippen molar-refractivity contribution >= 4 is 17.7 Å². The molecule has 2 aliphatic heterocycles. The molecule has 1 aliphatic carbocycles. The zero-order valence-electron chi connectivity index (χ0n) is 17.4. The first-order valence-corrected chi connectivity index (χ1v) is 10.8. The van der Waals surface area contributed by atoms with Crippen LogP contribution in [0.4, 0.5) is 0 Å². The standard InChI is InChI=1S/C22H30N4O4/c1-30-18-7-2-14(3-8-18)11-23-20(27)9-6-17-12-24-22(29)19-10-16(13-26(17)19)25-21(28)15-4-5-15/h2-3,7-8,15-17,19H,4-6,9-13H2,1H3,(H,23,27)(H,24,29)(H,25,28)/t16-,17+,19-/m0/s1. The number of carbonyl (C=O) groups is 3. The van der Waals surface area contributed by atoms with E-state index >= 15 is 0 Å². The van der Waals surface area contributed by atoms with Crippen molar-refractivity contribution in [2.24, 2.45) is 5.92 Å². The van der Waals surface area contributed by atoms with Gasteiger partial charge < -0.3 is 20.7 Å². The molecule has 3 N–H and O–H groups in total. The Hall–Kier alpha value is -2.61. The fraction of sp³-hybridized carbons (Fsp3) is 0.591. The van der Waals surface area contributed by atoms with E-state index in [1.807, 2.05) is 24.3 Å². The predicted octanol–water partition coefficient (Wildman–Crippen LogP) is 0.559. The molecule has 0 bridgehead atoms. The molecule has 8 heteroatoms. The minimum atomic E-state index is -0.212. The third-order valence-electron chi connectivity index (χ3n) is 6.27. The largest absolute Gasteiger partial charge is 0.497 e. The van der Waals surface area contributed by atoms with Crippen molar-refractivity contribution < 1.29 is 19.1 Å². The molecule has 162 valence electrons. The van der Waals surface area contributed by atoms with Gasteiger partial charge in [-0.15, -0.1) is 0 Å². The summed E-state index contributed by atoms with van der Waals surface area (Å²) in [6.45, 7) is 1.70. The highest BCUT2D eigenvalue weighted by Gasteiger charge is 2.44. The number of nitrogens with zero attached hydrogens (tertiary/aromatic N) is 1. The lowest BCUT2D eigenvalue weighted by Gasteiger charge is -2.37. The lowest BCUT2D eigenvalue weighted by molar-refractivity contribution is -0.129. The van der Waals surface area contributed by atoms with Gasteiger partial charge in [0.1, 0.15) is 5.75 Å². The van der Waals surface area contributed by atoms with E-state index in [0.717, 1.165) is 24.2 Å². The zero-order chi connectivity index (χ0) is 21.1. The molecule has 3 fully saturated rings. The molecule has 3 aliphatic rings. The van der Waals surface area contributed by atoms with Crippen LogP contribution in [0.1, 0.15) is 37.7 Å². The van der Waals surface area contributed by atoms with Crippen LogP contribution in [-0.4, -0.2) is 60.9 Å². The van der Waals surface area contributed by atoms with Crippen LogP contribution in [0.2, 0.25) is 0 Å². The molecule has 1 aromatic rings. The maximum Gasteiger partial charge on any atom is 0.237 e. The molecule has 0 spiro atoms. The quantitative estimate of drug-likeness (QED) is 0.577. The molecule has 3 amide bonds. The summed E-state index contributed by atoms with van der Waals surface area (Å²) >= 11 is 0. The Morgan fingerprint density at radius 3 is 2.70 bits per heavy atom. The summed E-state index contributed by atoms with van der Waals surface area (Å²) in [5.74, 6) is 1.10. The summed E-state index contributed by atoms with van der Waals surface area (Å²) < 4.78 is 5.14. The highest BCUT2D eigenvalue weighted by molar-refractivity contribution is 5.84. The smallest absolute Gasteiger partial charge is 0.237 e. The Balaban J connectivity index is 1.24. The molecule has 3 atom stereocenters. The molecule has 1 aromatic carbocycles. The van der Waals surface area contributed by atoms with Crippen LogP contribution < -0.4 is 20.7 Å². The number of amides is 3. The molecule has 2 saturated heterocycles. The minimum Gasteiger partial charge on any atom is -0.497 e. The topological polar surface area (TPSA) is 99.8 Å². The van der Waals surface area contributed by atoms with Gasteiger partial charge in [0, 0.05) is 44.1 Å². The van der Waals surface area contributed by atoms with Crippen molar-refractivity contribution in [1.29, 1.82) is 0 Å². The first-order valence-electron chi connectivity index (χ1n) is 10.8. The maximum atomic E-state index is 12.3. The summed E-state index contributed by atoms with van der Waals surface area (Å²) in [6, 6.07) is 7.52. The maximum absolute atomic E-state index is 12.3. The molecule has 1 saturated carbocycles. The van der Waals surface area contributed by atoms with Crippen LogP contribution >= 0.6 is 0 Å². The lowest BCUT2D eigenvalue weighted by atomic mass is 10.0. The van der Waals surface area contributed by atoms with E-state index < -0.39 is 0 Å². The molecule has 0 radical (unpaired) electrons. The fourth-order valence-corrected chi connectivity index (χ4v) is 4.34.